The van der Waals surface area contributed by atoms with Crippen LogP contribution in [0.5, 0.6) is 0 Å². The van der Waals surface area contributed by atoms with Crippen molar-refractivity contribution in [3.05, 3.63) is 35.4 Å². The normalized spacial score (nSPS) is 13.2. The van der Waals surface area contributed by atoms with Crippen LogP contribution in [0.15, 0.2) is 24.3 Å². The van der Waals surface area contributed by atoms with Crippen molar-refractivity contribution in [2.75, 3.05) is 6.61 Å². The molecule has 78 valence electrons. The van der Waals surface area contributed by atoms with Crippen LogP contribution in [0.2, 0.25) is 0 Å². The molecule has 1 aromatic carbocycles. The number of rotatable bonds is 4. The van der Waals surface area contributed by atoms with Gasteiger partial charge in [0.05, 0.1) is 6.10 Å². The molecule has 0 bridgehead atoms. The van der Waals surface area contributed by atoms with Gasteiger partial charge in [-0.15, -0.1) is 0 Å². The monoisotopic (exact) mass is 192 g/mol. The molecule has 1 aromatic rings. The molecule has 0 aromatic heterocycles. The molecule has 0 aliphatic heterocycles. The predicted octanol–water partition coefficient (Wildman–Crippen LogP) is 3.91. The summed E-state index contributed by atoms with van der Waals surface area (Å²) < 4.78 is 5.56. The van der Waals surface area contributed by atoms with E-state index in [1.807, 2.05) is 6.92 Å². The van der Waals surface area contributed by atoms with E-state index in [1.165, 1.54) is 11.1 Å². The fourth-order valence-electron chi connectivity index (χ4n) is 1.52. The molecule has 0 aliphatic carbocycles. The van der Waals surface area contributed by atoms with Gasteiger partial charge in [-0.3, -0.25) is 0 Å². The second-order valence-electron chi connectivity index (χ2n) is 3.92. The molecule has 0 amide bonds. The molecule has 0 aliphatic rings. The summed E-state index contributed by atoms with van der Waals surface area (Å²) in [6.07, 6.45) is 0.207. The van der Waals surface area contributed by atoms with Crippen LogP contribution in [0.25, 0.3) is 0 Å². The van der Waals surface area contributed by atoms with Crippen molar-refractivity contribution in [2.24, 2.45) is 0 Å². The molecule has 0 saturated carbocycles. The maximum atomic E-state index is 5.56. The molecule has 14 heavy (non-hydrogen) atoms. The zero-order valence-electron chi connectivity index (χ0n) is 9.58. The maximum absolute atomic E-state index is 5.56. The van der Waals surface area contributed by atoms with E-state index >= 15 is 0 Å². The molecule has 0 heterocycles. The summed E-state index contributed by atoms with van der Waals surface area (Å²) in [5.41, 5.74) is 2.66. The van der Waals surface area contributed by atoms with Gasteiger partial charge in [0.15, 0.2) is 0 Å². The molecule has 1 atom stereocenters. The number of hydrogen-bond donors (Lipinski definition) is 0. The highest BCUT2D eigenvalue weighted by Crippen LogP contribution is 2.21. The third kappa shape index (κ3) is 2.85. The van der Waals surface area contributed by atoms with Crippen molar-refractivity contribution in [1.29, 1.82) is 0 Å². The van der Waals surface area contributed by atoms with Gasteiger partial charge in [-0.2, -0.15) is 0 Å². The summed E-state index contributed by atoms with van der Waals surface area (Å²) in [4.78, 5) is 0. The Kier molecular flexibility index (Phi) is 4.15. The highest BCUT2D eigenvalue weighted by Gasteiger charge is 2.06. The molecule has 0 saturated heterocycles. The first-order chi connectivity index (χ1) is 6.65. The first kappa shape index (κ1) is 11.3. The van der Waals surface area contributed by atoms with E-state index in [-0.39, 0.29) is 6.10 Å². The van der Waals surface area contributed by atoms with Gasteiger partial charge in [-0.1, -0.05) is 38.1 Å². The minimum Gasteiger partial charge on any atom is -0.374 e. The molecule has 0 radical (unpaired) electrons. The number of hydrogen-bond acceptors (Lipinski definition) is 1. The van der Waals surface area contributed by atoms with E-state index in [1.54, 1.807) is 0 Å². The van der Waals surface area contributed by atoms with E-state index in [4.69, 9.17) is 4.74 Å². The van der Waals surface area contributed by atoms with Gasteiger partial charge in [-0.05, 0) is 30.9 Å². The molecular weight excluding hydrogens is 172 g/mol. The number of benzene rings is 1. The molecule has 1 nitrogen and oxygen atoms in total. The Morgan fingerprint density at radius 3 is 2.36 bits per heavy atom. The highest BCUT2D eigenvalue weighted by atomic mass is 16.5. The Morgan fingerprint density at radius 2 is 1.79 bits per heavy atom. The first-order valence-electron chi connectivity index (χ1n) is 5.36. The van der Waals surface area contributed by atoms with E-state index < -0.39 is 0 Å². The Balaban J connectivity index is 2.82. The zero-order valence-corrected chi connectivity index (χ0v) is 9.58. The molecule has 1 rings (SSSR count). The summed E-state index contributed by atoms with van der Waals surface area (Å²) in [6, 6.07) is 8.66. The van der Waals surface area contributed by atoms with Crippen molar-refractivity contribution >= 4 is 0 Å². The average molecular weight is 192 g/mol. The van der Waals surface area contributed by atoms with Crippen LogP contribution in [-0.4, -0.2) is 6.61 Å². The van der Waals surface area contributed by atoms with Gasteiger partial charge in [0, 0.05) is 6.61 Å². The minimum atomic E-state index is 0.207. The first-order valence-corrected chi connectivity index (χ1v) is 5.36. The Labute approximate surface area is 87.1 Å². The Morgan fingerprint density at radius 1 is 1.14 bits per heavy atom. The SMILES string of the molecule is CCO[C@H](C)c1cccc(C(C)C)c1. The molecular formula is C13H20O. The molecule has 0 fully saturated rings. The van der Waals surface area contributed by atoms with Gasteiger partial charge < -0.3 is 4.74 Å². The van der Waals surface area contributed by atoms with Crippen molar-refractivity contribution in [1.82, 2.24) is 0 Å². The van der Waals surface area contributed by atoms with Crippen molar-refractivity contribution < 1.29 is 4.74 Å². The molecule has 1 heteroatoms. The van der Waals surface area contributed by atoms with E-state index in [9.17, 15) is 0 Å². The zero-order chi connectivity index (χ0) is 10.6. The van der Waals surface area contributed by atoms with Crippen LogP contribution in [0.3, 0.4) is 0 Å². The molecule has 0 spiro atoms. The summed E-state index contributed by atoms with van der Waals surface area (Å²) in [5.74, 6) is 0.587. The lowest BCUT2D eigenvalue weighted by Gasteiger charge is -2.14. The van der Waals surface area contributed by atoms with Crippen molar-refractivity contribution in [2.45, 2.75) is 39.7 Å². The van der Waals surface area contributed by atoms with E-state index in [0.29, 0.717) is 5.92 Å². The highest BCUT2D eigenvalue weighted by molar-refractivity contribution is 5.27. The van der Waals surface area contributed by atoms with Crippen LogP contribution in [0.1, 0.15) is 50.8 Å². The molecule has 0 unspecified atom stereocenters. The van der Waals surface area contributed by atoms with Gasteiger partial charge >= 0.3 is 0 Å². The molecule has 0 N–H and O–H groups in total. The summed E-state index contributed by atoms with van der Waals surface area (Å²) in [6.45, 7) is 9.33. The van der Waals surface area contributed by atoms with Crippen LogP contribution in [-0.2, 0) is 4.74 Å². The number of ether oxygens (including phenoxy) is 1. The van der Waals surface area contributed by atoms with Crippen LogP contribution < -0.4 is 0 Å². The second-order valence-corrected chi connectivity index (χ2v) is 3.92. The summed E-state index contributed by atoms with van der Waals surface area (Å²) in [5, 5.41) is 0. The van der Waals surface area contributed by atoms with Gasteiger partial charge in [0.1, 0.15) is 0 Å². The topological polar surface area (TPSA) is 9.23 Å². The largest absolute Gasteiger partial charge is 0.374 e. The summed E-state index contributed by atoms with van der Waals surface area (Å²) >= 11 is 0. The second kappa shape index (κ2) is 5.16. The lowest BCUT2D eigenvalue weighted by Crippen LogP contribution is -2.00. The fraction of sp³-hybridized carbons (Fsp3) is 0.538. The van der Waals surface area contributed by atoms with Crippen molar-refractivity contribution in [3.8, 4) is 0 Å². The third-order valence-corrected chi connectivity index (χ3v) is 2.46. The Hall–Kier alpha value is -0.820. The van der Waals surface area contributed by atoms with Gasteiger partial charge in [0.2, 0.25) is 0 Å². The van der Waals surface area contributed by atoms with E-state index in [2.05, 4.69) is 45.0 Å². The van der Waals surface area contributed by atoms with Crippen LogP contribution >= 0.6 is 0 Å². The van der Waals surface area contributed by atoms with Crippen molar-refractivity contribution in [3.63, 3.8) is 0 Å². The summed E-state index contributed by atoms with van der Waals surface area (Å²) in [7, 11) is 0. The predicted molar refractivity (Wildman–Crippen MR) is 60.6 cm³/mol. The quantitative estimate of drug-likeness (QED) is 0.702. The average Bonchev–Trinajstić information content (AvgIpc) is 2.18. The standard InChI is InChI=1S/C13H20O/c1-5-14-11(4)13-8-6-7-12(9-13)10(2)3/h6-11H,5H2,1-4H3/t11-/m1/s1. The van der Waals surface area contributed by atoms with Crippen LogP contribution in [0.4, 0.5) is 0 Å². The smallest absolute Gasteiger partial charge is 0.0796 e. The lowest BCUT2D eigenvalue weighted by molar-refractivity contribution is 0.0763. The maximum Gasteiger partial charge on any atom is 0.0796 e. The Bertz CT molecular complexity index is 278. The van der Waals surface area contributed by atoms with Gasteiger partial charge in [-0.25, -0.2) is 0 Å². The van der Waals surface area contributed by atoms with Gasteiger partial charge in [0.25, 0.3) is 0 Å². The lowest BCUT2D eigenvalue weighted by atomic mass is 9.99. The third-order valence-electron chi connectivity index (χ3n) is 2.46. The van der Waals surface area contributed by atoms with E-state index in [0.717, 1.165) is 6.61 Å². The van der Waals surface area contributed by atoms with Crippen LogP contribution in [0, 0.1) is 0 Å². The minimum absolute atomic E-state index is 0.207. The fourth-order valence-corrected chi connectivity index (χ4v) is 1.52.